The van der Waals surface area contributed by atoms with Crippen LogP contribution in [0.15, 0.2) is 6.20 Å². The van der Waals surface area contributed by atoms with Crippen molar-refractivity contribution in [1.29, 1.82) is 0 Å². The Morgan fingerprint density at radius 2 is 2.00 bits per heavy atom. The predicted octanol–water partition coefficient (Wildman–Crippen LogP) is 2.68. The van der Waals surface area contributed by atoms with Crippen molar-refractivity contribution in [1.82, 2.24) is 15.3 Å². The van der Waals surface area contributed by atoms with Crippen LogP contribution < -0.4 is 15.0 Å². The molecule has 162 valence electrons. The van der Waals surface area contributed by atoms with E-state index >= 15 is 0 Å². The Hall–Kier alpha value is -2.42. The minimum Gasteiger partial charge on any atom is -0.480 e. The van der Waals surface area contributed by atoms with E-state index in [2.05, 4.69) is 15.3 Å². The Labute approximate surface area is 172 Å². The fraction of sp³-hybridized carbons (Fsp3) is 0.700. The topological polar surface area (TPSA) is 103 Å². The van der Waals surface area contributed by atoms with Crippen LogP contribution in [0.2, 0.25) is 0 Å². The molecular weight excluding hydrogens is 376 g/mol. The van der Waals surface area contributed by atoms with E-state index in [1.807, 2.05) is 27.7 Å². The summed E-state index contributed by atoms with van der Waals surface area (Å²) in [7, 11) is 1.48. The molecule has 0 bridgehead atoms. The summed E-state index contributed by atoms with van der Waals surface area (Å²) in [5.74, 6) is 0.536. The molecule has 2 rings (SSSR count). The molecule has 1 N–H and O–H groups in total. The van der Waals surface area contributed by atoms with Gasteiger partial charge in [0.2, 0.25) is 11.8 Å². The maximum absolute atomic E-state index is 12.6. The van der Waals surface area contributed by atoms with Crippen molar-refractivity contribution in [2.45, 2.75) is 59.1 Å². The molecule has 1 aliphatic rings. The Bertz CT molecular complexity index is 699. The minimum absolute atomic E-state index is 0.0254. The van der Waals surface area contributed by atoms with E-state index in [1.165, 1.54) is 18.2 Å². The van der Waals surface area contributed by atoms with Crippen LogP contribution in [0.3, 0.4) is 0 Å². The number of ether oxygens (including phenoxy) is 3. The monoisotopic (exact) mass is 408 g/mol. The van der Waals surface area contributed by atoms with E-state index in [-0.39, 0.29) is 24.2 Å². The number of carbonyl (C=O) groups is 2. The van der Waals surface area contributed by atoms with Gasteiger partial charge in [-0.25, -0.2) is 9.78 Å². The summed E-state index contributed by atoms with van der Waals surface area (Å²) < 4.78 is 16.1. The predicted molar refractivity (Wildman–Crippen MR) is 108 cm³/mol. The summed E-state index contributed by atoms with van der Waals surface area (Å²) in [6, 6.07) is 0. The summed E-state index contributed by atoms with van der Waals surface area (Å²) in [5, 5.41) is 2.89. The van der Waals surface area contributed by atoms with Crippen molar-refractivity contribution in [2.75, 3.05) is 31.8 Å². The second-order valence-corrected chi connectivity index (χ2v) is 7.92. The van der Waals surface area contributed by atoms with Gasteiger partial charge < -0.3 is 19.5 Å². The Morgan fingerprint density at radius 3 is 2.59 bits per heavy atom. The normalized spacial score (nSPS) is 14.9. The third-order valence-corrected chi connectivity index (χ3v) is 4.35. The highest BCUT2D eigenvalue weighted by Gasteiger charge is 2.26. The fourth-order valence-electron chi connectivity index (χ4n) is 2.92. The van der Waals surface area contributed by atoms with Gasteiger partial charge in [-0.2, -0.15) is 4.98 Å². The smallest absolute Gasteiger partial charge is 0.416 e. The highest BCUT2D eigenvalue weighted by molar-refractivity contribution is 5.86. The summed E-state index contributed by atoms with van der Waals surface area (Å²) in [6.45, 7) is 9.24. The Kier molecular flexibility index (Phi) is 8.19. The van der Waals surface area contributed by atoms with Crippen LogP contribution in [-0.4, -0.2) is 54.4 Å². The van der Waals surface area contributed by atoms with Crippen LogP contribution in [0.1, 0.15) is 52.7 Å². The lowest BCUT2D eigenvalue weighted by molar-refractivity contribution is -0.128. The first-order chi connectivity index (χ1) is 13.7. The van der Waals surface area contributed by atoms with Crippen molar-refractivity contribution >= 4 is 17.8 Å². The summed E-state index contributed by atoms with van der Waals surface area (Å²) >= 11 is 0. The molecule has 1 fully saturated rings. The molecule has 1 saturated heterocycles. The number of hydrogen-bond acceptors (Lipinski definition) is 7. The number of nitrogens with one attached hydrogen (secondary N) is 1. The van der Waals surface area contributed by atoms with Crippen molar-refractivity contribution in [3.63, 3.8) is 0 Å². The molecule has 0 saturated carbocycles. The van der Waals surface area contributed by atoms with Crippen LogP contribution >= 0.6 is 0 Å². The quantitative estimate of drug-likeness (QED) is 0.740. The van der Waals surface area contributed by atoms with Gasteiger partial charge in [0.25, 0.3) is 0 Å². The summed E-state index contributed by atoms with van der Waals surface area (Å²) in [4.78, 5) is 35.1. The summed E-state index contributed by atoms with van der Waals surface area (Å²) in [5.41, 5.74) is -0.119. The molecule has 0 spiro atoms. The van der Waals surface area contributed by atoms with Gasteiger partial charge in [-0.1, -0.05) is 6.92 Å². The molecule has 29 heavy (non-hydrogen) atoms. The lowest BCUT2D eigenvalue weighted by Crippen LogP contribution is -2.38. The van der Waals surface area contributed by atoms with E-state index in [9.17, 15) is 9.59 Å². The molecule has 2 amide bonds. The molecule has 1 aliphatic heterocycles. The molecule has 2 heterocycles. The lowest BCUT2D eigenvalue weighted by Gasteiger charge is -2.26. The van der Waals surface area contributed by atoms with Gasteiger partial charge in [0.1, 0.15) is 11.3 Å². The molecule has 0 atom stereocenters. The van der Waals surface area contributed by atoms with Crippen molar-refractivity contribution in [3.8, 4) is 5.88 Å². The number of nitrogens with zero attached hydrogens (tertiary/aromatic N) is 3. The zero-order valence-corrected chi connectivity index (χ0v) is 18.0. The van der Waals surface area contributed by atoms with Crippen molar-refractivity contribution < 1.29 is 23.8 Å². The average molecular weight is 408 g/mol. The number of rotatable bonds is 7. The van der Waals surface area contributed by atoms with E-state index in [1.54, 1.807) is 0 Å². The molecule has 0 unspecified atom stereocenters. The molecule has 9 nitrogen and oxygen atoms in total. The highest BCUT2D eigenvalue weighted by Crippen LogP contribution is 2.22. The van der Waals surface area contributed by atoms with E-state index in [4.69, 9.17) is 14.2 Å². The number of carbonyl (C=O) groups excluding carboxylic acids is 2. The minimum atomic E-state index is -0.616. The maximum Gasteiger partial charge on any atom is 0.416 e. The Balaban J connectivity index is 2.10. The van der Waals surface area contributed by atoms with Crippen molar-refractivity contribution in [3.05, 3.63) is 11.9 Å². The van der Waals surface area contributed by atoms with Gasteiger partial charge in [-0.3, -0.25) is 9.69 Å². The molecule has 0 aliphatic carbocycles. The fourth-order valence-corrected chi connectivity index (χ4v) is 2.92. The highest BCUT2D eigenvalue weighted by atomic mass is 16.6. The van der Waals surface area contributed by atoms with E-state index in [0.29, 0.717) is 31.3 Å². The maximum atomic E-state index is 12.6. The molecule has 1 aromatic heterocycles. The van der Waals surface area contributed by atoms with Crippen LogP contribution in [0.5, 0.6) is 5.88 Å². The van der Waals surface area contributed by atoms with Gasteiger partial charge in [0.05, 0.1) is 19.9 Å². The van der Waals surface area contributed by atoms with Crippen LogP contribution in [-0.2, 0) is 20.8 Å². The van der Waals surface area contributed by atoms with Gasteiger partial charge in [0, 0.05) is 25.7 Å². The summed E-state index contributed by atoms with van der Waals surface area (Å²) in [6.07, 6.45) is 3.17. The molecule has 0 aromatic carbocycles. The molecule has 9 heteroatoms. The first kappa shape index (κ1) is 22.9. The largest absolute Gasteiger partial charge is 0.480 e. The first-order valence-corrected chi connectivity index (χ1v) is 10.0. The average Bonchev–Trinajstić information content (AvgIpc) is 2.69. The molecular formula is C20H32N4O5. The third kappa shape index (κ3) is 6.85. The van der Waals surface area contributed by atoms with Gasteiger partial charge in [-0.15, -0.1) is 0 Å². The van der Waals surface area contributed by atoms with Crippen molar-refractivity contribution in [2.24, 2.45) is 5.92 Å². The SMILES string of the molecule is CCCN(C(=O)OC(C)(C)C)c1cnc(CNC(=O)C2CCOCC2)c(OC)n1. The zero-order valence-electron chi connectivity index (χ0n) is 18.0. The molecule has 0 radical (unpaired) electrons. The Morgan fingerprint density at radius 1 is 1.31 bits per heavy atom. The number of anilines is 1. The second-order valence-electron chi connectivity index (χ2n) is 7.92. The standard InChI is InChI=1S/C20H32N4O5/c1-6-9-24(19(26)29-20(2,3)4)16-13-21-15(18(23-16)27-5)12-22-17(25)14-7-10-28-11-8-14/h13-14H,6-12H2,1-5H3,(H,22,25). The number of aromatic nitrogens is 2. The number of hydrogen-bond donors (Lipinski definition) is 1. The van der Waals surface area contributed by atoms with Crippen LogP contribution in [0, 0.1) is 5.92 Å². The third-order valence-electron chi connectivity index (χ3n) is 4.35. The number of methoxy groups -OCH3 is 1. The van der Waals surface area contributed by atoms with Gasteiger partial charge in [-0.05, 0) is 40.0 Å². The molecule has 1 aromatic rings. The second kappa shape index (κ2) is 10.4. The van der Waals surface area contributed by atoms with E-state index in [0.717, 1.165) is 19.3 Å². The van der Waals surface area contributed by atoms with Crippen LogP contribution in [0.4, 0.5) is 10.6 Å². The lowest BCUT2D eigenvalue weighted by atomic mass is 9.99. The van der Waals surface area contributed by atoms with Gasteiger partial charge >= 0.3 is 6.09 Å². The zero-order chi connectivity index (χ0) is 21.4. The van der Waals surface area contributed by atoms with Crippen LogP contribution in [0.25, 0.3) is 0 Å². The van der Waals surface area contributed by atoms with E-state index < -0.39 is 11.7 Å². The van der Waals surface area contributed by atoms with Gasteiger partial charge in [0.15, 0.2) is 5.82 Å². The first-order valence-electron chi connectivity index (χ1n) is 10.0. The number of amides is 2.